The summed E-state index contributed by atoms with van der Waals surface area (Å²) in [5.41, 5.74) is 2.89. The molecule has 2 aromatic rings. The van der Waals surface area contributed by atoms with Crippen LogP contribution < -0.4 is 10.2 Å². The second-order valence-corrected chi connectivity index (χ2v) is 5.34. The molecule has 0 aromatic heterocycles. The minimum absolute atomic E-state index is 0.0954. The summed E-state index contributed by atoms with van der Waals surface area (Å²) >= 11 is 3.35. The number of ether oxygens (including phenoxy) is 1. The molecule has 2 N–H and O–H groups in total. The van der Waals surface area contributed by atoms with Crippen LogP contribution in [0.1, 0.15) is 12.5 Å². The van der Waals surface area contributed by atoms with Gasteiger partial charge in [-0.05, 0) is 47.1 Å². The molecular formula is C16H15BrN2O3. The van der Waals surface area contributed by atoms with E-state index in [9.17, 15) is 9.90 Å². The molecule has 0 saturated heterocycles. The average Bonchev–Trinajstić information content (AvgIpc) is 2.51. The van der Waals surface area contributed by atoms with Gasteiger partial charge in [-0.2, -0.15) is 5.10 Å². The Morgan fingerprint density at radius 3 is 2.68 bits per heavy atom. The van der Waals surface area contributed by atoms with E-state index in [1.54, 1.807) is 37.3 Å². The van der Waals surface area contributed by atoms with Crippen molar-refractivity contribution in [3.8, 4) is 11.5 Å². The highest BCUT2D eigenvalue weighted by atomic mass is 79.9. The van der Waals surface area contributed by atoms with Crippen LogP contribution in [0.4, 0.5) is 0 Å². The maximum absolute atomic E-state index is 11.9. The van der Waals surface area contributed by atoms with Crippen LogP contribution in [-0.4, -0.2) is 23.3 Å². The van der Waals surface area contributed by atoms with Crippen LogP contribution in [-0.2, 0) is 4.79 Å². The fourth-order valence-corrected chi connectivity index (χ4v) is 2.02. The monoisotopic (exact) mass is 362 g/mol. The SMILES string of the molecule is CC(Oc1ccccc1Br)C(=O)N/N=C/c1ccccc1O. The molecule has 114 valence electrons. The summed E-state index contributed by atoms with van der Waals surface area (Å²) in [6.07, 6.45) is 0.665. The third-order valence-electron chi connectivity index (χ3n) is 2.82. The van der Waals surface area contributed by atoms with Crippen LogP contribution in [0.2, 0.25) is 0 Å². The molecular weight excluding hydrogens is 348 g/mol. The number of nitrogens with zero attached hydrogens (tertiary/aromatic N) is 1. The normalized spacial score (nSPS) is 12.1. The van der Waals surface area contributed by atoms with Crippen molar-refractivity contribution in [2.75, 3.05) is 0 Å². The smallest absolute Gasteiger partial charge is 0.280 e. The Morgan fingerprint density at radius 1 is 1.27 bits per heavy atom. The maximum Gasteiger partial charge on any atom is 0.280 e. The van der Waals surface area contributed by atoms with Gasteiger partial charge in [-0.1, -0.05) is 24.3 Å². The third kappa shape index (κ3) is 4.33. The molecule has 0 heterocycles. The van der Waals surface area contributed by atoms with E-state index in [0.29, 0.717) is 11.3 Å². The van der Waals surface area contributed by atoms with Gasteiger partial charge in [0, 0.05) is 5.56 Å². The predicted octanol–water partition coefficient (Wildman–Crippen LogP) is 3.07. The predicted molar refractivity (Wildman–Crippen MR) is 88.1 cm³/mol. The number of amides is 1. The Bertz CT molecular complexity index is 689. The molecule has 2 aromatic carbocycles. The zero-order chi connectivity index (χ0) is 15.9. The number of para-hydroxylation sites is 2. The van der Waals surface area contributed by atoms with Crippen molar-refractivity contribution in [2.45, 2.75) is 13.0 Å². The van der Waals surface area contributed by atoms with Crippen LogP contribution in [0.5, 0.6) is 11.5 Å². The molecule has 0 aliphatic rings. The Labute approximate surface area is 136 Å². The number of benzene rings is 2. The first-order valence-electron chi connectivity index (χ1n) is 6.60. The standard InChI is InChI=1S/C16H15BrN2O3/c1-11(22-15-9-5-3-7-13(15)17)16(21)19-18-10-12-6-2-4-8-14(12)20/h2-11,20H,1H3,(H,19,21)/b18-10+. The summed E-state index contributed by atoms with van der Waals surface area (Å²) in [5.74, 6) is 0.287. The molecule has 1 atom stereocenters. The Balaban J connectivity index is 1.92. The molecule has 0 saturated carbocycles. The molecule has 2 rings (SSSR count). The number of hydrogen-bond acceptors (Lipinski definition) is 4. The Morgan fingerprint density at radius 2 is 1.95 bits per heavy atom. The van der Waals surface area contributed by atoms with Gasteiger partial charge in [0.2, 0.25) is 0 Å². The minimum atomic E-state index is -0.708. The summed E-state index contributed by atoms with van der Waals surface area (Å²) in [4.78, 5) is 11.9. The van der Waals surface area contributed by atoms with E-state index >= 15 is 0 Å². The fourth-order valence-electron chi connectivity index (χ4n) is 1.64. The second kappa shape index (κ2) is 7.61. The average molecular weight is 363 g/mol. The maximum atomic E-state index is 11.9. The third-order valence-corrected chi connectivity index (χ3v) is 3.48. The van der Waals surface area contributed by atoms with Gasteiger partial charge in [-0.25, -0.2) is 5.43 Å². The highest BCUT2D eigenvalue weighted by Crippen LogP contribution is 2.24. The van der Waals surface area contributed by atoms with Gasteiger partial charge in [0.05, 0.1) is 10.7 Å². The van der Waals surface area contributed by atoms with Crippen LogP contribution in [0.15, 0.2) is 58.1 Å². The lowest BCUT2D eigenvalue weighted by molar-refractivity contribution is -0.127. The van der Waals surface area contributed by atoms with Gasteiger partial charge >= 0.3 is 0 Å². The summed E-state index contributed by atoms with van der Waals surface area (Å²) in [6.45, 7) is 1.63. The fraction of sp³-hybridized carbons (Fsp3) is 0.125. The lowest BCUT2D eigenvalue weighted by Crippen LogP contribution is -2.33. The summed E-state index contributed by atoms with van der Waals surface area (Å²) in [5, 5.41) is 13.4. The summed E-state index contributed by atoms with van der Waals surface area (Å²) in [6, 6.07) is 14.0. The number of hydrogen-bond donors (Lipinski definition) is 2. The lowest BCUT2D eigenvalue weighted by atomic mass is 10.2. The van der Waals surface area contributed by atoms with E-state index in [-0.39, 0.29) is 11.7 Å². The molecule has 5 nitrogen and oxygen atoms in total. The molecule has 0 bridgehead atoms. The van der Waals surface area contributed by atoms with Crippen molar-refractivity contribution >= 4 is 28.1 Å². The Hall–Kier alpha value is -2.34. The number of carbonyl (C=O) groups excluding carboxylic acids is 1. The number of hydrazone groups is 1. The van der Waals surface area contributed by atoms with Gasteiger partial charge in [0.1, 0.15) is 11.5 Å². The lowest BCUT2D eigenvalue weighted by Gasteiger charge is -2.13. The minimum Gasteiger partial charge on any atom is -0.507 e. The van der Waals surface area contributed by atoms with Gasteiger partial charge in [-0.3, -0.25) is 4.79 Å². The number of phenolic OH excluding ortho intramolecular Hbond substituents is 1. The van der Waals surface area contributed by atoms with Crippen molar-refractivity contribution in [1.29, 1.82) is 0 Å². The summed E-state index contributed by atoms with van der Waals surface area (Å²) < 4.78 is 6.32. The van der Waals surface area contributed by atoms with E-state index in [1.165, 1.54) is 6.21 Å². The Kier molecular flexibility index (Phi) is 5.55. The first kappa shape index (κ1) is 16.0. The number of rotatable bonds is 5. The molecule has 0 aliphatic heterocycles. The molecule has 0 radical (unpaired) electrons. The number of halogens is 1. The van der Waals surface area contributed by atoms with Crippen molar-refractivity contribution in [1.82, 2.24) is 5.43 Å². The van der Waals surface area contributed by atoms with Crippen molar-refractivity contribution in [3.05, 3.63) is 58.6 Å². The summed E-state index contributed by atoms with van der Waals surface area (Å²) in [7, 11) is 0. The zero-order valence-corrected chi connectivity index (χ0v) is 13.4. The number of aromatic hydroxyl groups is 1. The molecule has 0 aliphatic carbocycles. The number of nitrogens with one attached hydrogen (secondary N) is 1. The van der Waals surface area contributed by atoms with Crippen molar-refractivity contribution in [3.63, 3.8) is 0 Å². The van der Waals surface area contributed by atoms with E-state index in [1.807, 2.05) is 18.2 Å². The molecule has 22 heavy (non-hydrogen) atoms. The van der Waals surface area contributed by atoms with Gasteiger partial charge in [0.25, 0.3) is 5.91 Å². The van der Waals surface area contributed by atoms with Crippen molar-refractivity contribution < 1.29 is 14.6 Å². The van der Waals surface area contributed by atoms with E-state index in [2.05, 4.69) is 26.5 Å². The molecule has 0 fully saturated rings. The van der Waals surface area contributed by atoms with E-state index < -0.39 is 6.10 Å². The first-order valence-corrected chi connectivity index (χ1v) is 7.39. The number of phenols is 1. The van der Waals surface area contributed by atoms with Crippen LogP contribution in [0.25, 0.3) is 0 Å². The van der Waals surface area contributed by atoms with E-state index in [4.69, 9.17) is 4.74 Å². The molecule has 1 amide bonds. The molecule has 6 heteroatoms. The highest BCUT2D eigenvalue weighted by molar-refractivity contribution is 9.10. The largest absolute Gasteiger partial charge is 0.507 e. The van der Waals surface area contributed by atoms with Crippen molar-refractivity contribution in [2.24, 2.45) is 5.10 Å². The highest BCUT2D eigenvalue weighted by Gasteiger charge is 2.15. The van der Waals surface area contributed by atoms with E-state index in [0.717, 1.165) is 4.47 Å². The molecule has 1 unspecified atom stereocenters. The van der Waals surface area contributed by atoms with Crippen LogP contribution >= 0.6 is 15.9 Å². The second-order valence-electron chi connectivity index (χ2n) is 4.48. The topological polar surface area (TPSA) is 70.9 Å². The number of carbonyl (C=O) groups is 1. The molecule has 0 spiro atoms. The van der Waals surface area contributed by atoms with Crippen LogP contribution in [0, 0.1) is 0 Å². The zero-order valence-electron chi connectivity index (χ0n) is 11.9. The van der Waals surface area contributed by atoms with Gasteiger partial charge < -0.3 is 9.84 Å². The quantitative estimate of drug-likeness (QED) is 0.634. The van der Waals surface area contributed by atoms with Crippen LogP contribution in [0.3, 0.4) is 0 Å². The van der Waals surface area contributed by atoms with Gasteiger partial charge in [0.15, 0.2) is 6.10 Å². The van der Waals surface area contributed by atoms with Gasteiger partial charge in [-0.15, -0.1) is 0 Å². The first-order chi connectivity index (χ1) is 10.6.